The van der Waals surface area contributed by atoms with Gasteiger partial charge in [0.05, 0.1) is 22.9 Å². The fraction of sp³-hybridized carbons (Fsp3) is 0.382. The third kappa shape index (κ3) is 5.29. The molecule has 2 unspecified atom stereocenters. The van der Waals surface area contributed by atoms with Crippen molar-refractivity contribution in [2.24, 2.45) is 11.3 Å². The largest absolute Gasteiger partial charge is 0.451 e. The lowest BCUT2D eigenvalue weighted by Crippen LogP contribution is -2.32. The fourth-order valence-corrected chi connectivity index (χ4v) is 7.37. The Labute approximate surface area is 259 Å². The summed E-state index contributed by atoms with van der Waals surface area (Å²) in [4.78, 5) is 32.9. The number of likely N-dealkylation sites (tertiary alicyclic amines) is 1. The first kappa shape index (κ1) is 28.0. The highest BCUT2D eigenvalue weighted by Gasteiger charge is 2.44. The molecule has 0 amide bonds. The fourth-order valence-electron chi connectivity index (χ4n) is 7.37. The first-order valence-electron chi connectivity index (χ1n) is 15.6. The summed E-state index contributed by atoms with van der Waals surface area (Å²) in [6.07, 6.45) is 10.5. The van der Waals surface area contributed by atoms with Crippen LogP contribution in [0.15, 0.2) is 71.4 Å². The van der Waals surface area contributed by atoms with Crippen LogP contribution in [0.4, 0.5) is 10.2 Å². The summed E-state index contributed by atoms with van der Waals surface area (Å²) in [6.45, 7) is 4.53. The number of aliphatic hydroxyl groups excluding tert-OH is 1. The number of nitrogens with zero attached hydrogens (tertiary/aromatic N) is 5. The Morgan fingerprint density at radius 3 is 2.78 bits per heavy atom. The molecule has 0 radical (unpaired) electrons. The Morgan fingerprint density at radius 2 is 1.91 bits per heavy atom. The third-order valence-electron chi connectivity index (χ3n) is 9.81. The summed E-state index contributed by atoms with van der Waals surface area (Å²) >= 11 is 0. The normalized spacial score (nSPS) is 23.7. The van der Waals surface area contributed by atoms with Crippen LogP contribution in [0.1, 0.15) is 36.8 Å². The minimum atomic E-state index is -0.804. The Balaban J connectivity index is 1.02. The predicted octanol–water partition coefficient (Wildman–Crippen LogP) is 4.62. The Kier molecular flexibility index (Phi) is 6.76. The van der Waals surface area contributed by atoms with Crippen LogP contribution < -0.4 is 15.3 Å². The number of rotatable bonds is 7. The smallest absolute Gasteiger partial charge is 0.323 e. The molecule has 232 valence electrons. The van der Waals surface area contributed by atoms with Gasteiger partial charge in [0.15, 0.2) is 11.6 Å². The summed E-state index contributed by atoms with van der Waals surface area (Å²) in [5.74, 6) is 1.78. The van der Waals surface area contributed by atoms with Crippen molar-refractivity contribution in [3.05, 3.63) is 94.1 Å². The molecule has 5 heterocycles. The molecule has 2 aromatic carbocycles. The highest BCUT2D eigenvalue weighted by atomic mass is 19.1. The molecule has 1 aliphatic carbocycles. The van der Waals surface area contributed by atoms with Gasteiger partial charge in [0.25, 0.3) is 0 Å². The molecule has 3 aliphatic heterocycles. The van der Waals surface area contributed by atoms with E-state index in [0.717, 1.165) is 86.5 Å². The number of nitrogens with one attached hydrogen (secondary N) is 2. The number of aromatic nitrogens is 4. The van der Waals surface area contributed by atoms with Crippen LogP contribution in [0.5, 0.6) is 11.5 Å². The van der Waals surface area contributed by atoms with Crippen molar-refractivity contribution in [2.45, 2.75) is 38.5 Å². The maximum absolute atomic E-state index is 14.7. The van der Waals surface area contributed by atoms with E-state index in [-0.39, 0.29) is 16.9 Å². The standard InChI is InChI=1S/C34H36FN7O3/c1-40-30(43)9-6-24(22-3-4-22)31(40)25-15-23(35)5-8-28(25)45-29-16-36-20-37-32(29)42-13-11-34(19-42)10-12-41(18-34)17-21-2-7-26-27(14-21)39-33(44)38-26/h2,5-9,14-16,20,22,30,43H,3-4,10-13,17-19H2,1H3,(H2,38,39,44). The Hall–Kier alpha value is -4.48. The van der Waals surface area contributed by atoms with E-state index in [1.54, 1.807) is 29.6 Å². The number of anilines is 1. The minimum absolute atomic E-state index is 0.146. The maximum Gasteiger partial charge on any atom is 0.323 e. The summed E-state index contributed by atoms with van der Waals surface area (Å²) in [6, 6.07) is 10.6. The lowest BCUT2D eigenvalue weighted by molar-refractivity contribution is 0.104. The van der Waals surface area contributed by atoms with E-state index in [9.17, 15) is 14.3 Å². The van der Waals surface area contributed by atoms with Crippen LogP contribution >= 0.6 is 0 Å². The van der Waals surface area contributed by atoms with E-state index in [1.807, 2.05) is 19.2 Å². The van der Waals surface area contributed by atoms with Gasteiger partial charge in [0.1, 0.15) is 24.1 Å². The number of hydrogen-bond donors (Lipinski definition) is 3. The summed E-state index contributed by atoms with van der Waals surface area (Å²) in [5.41, 5.74) is 5.28. The molecule has 1 spiro atoms. The van der Waals surface area contributed by atoms with E-state index in [4.69, 9.17) is 4.74 Å². The van der Waals surface area contributed by atoms with Gasteiger partial charge in [0, 0.05) is 44.2 Å². The van der Waals surface area contributed by atoms with Crippen molar-refractivity contribution in [1.29, 1.82) is 0 Å². The molecule has 2 saturated heterocycles. The van der Waals surface area contributed by atoms with Crippen molar-refractivity contribution in [3.63, 3.8) is 0 Å². The molecule has 0 bridgehead atoms. The zero-order chi connectivity index (χ0) is 30.7. The van der Waals surface area contributed by atoms with E-state index in [1.165, 1.54) is 17.7 Å². The number of aliphatic hydroxyl groups is 1. The molecule has 4 aliphatic rings. The van der Waals surface area contributed by atoms with Gasteiger partial charge < -0.3 is 29.6 Å². The predicted molar refractivity (Wildman–Crippen MR) is 169 cm³/mol. The van der Waals surface area contributed by atoms with Crippen molar-refractivity contribution in [1.82, 2.24) is 29.7 Å². The maximum atomic E-state index is 14.7. The van der Waals surface area contributed by atoms with Crippen molar-refractivity contribution < 1.29 is 14.2 Å². The van der Waals surface area contributed by atoms with Gasteiger partial charge >= 0.3 is 5.69 Å². The topological polar surface area (TPSA) is 114 Å². The van der Waals surface area contributed by atoms with Gasteiger partial charge in [-0.15, -0.1) is 0 Å². The van der Waals surface area contributed by atoms with E-state index < -0.39 is 6.23 Å². The van der Waals surface area contributed by atoms with Crippen molar-refractivity contribution in [3.8, 4) is 11.5 Å². The van der Waals surface area contributed by atoms with E-state index >= 15 is 0 Å². The summed E-state index contributed by atoms with van der Waals surface area (Å²) in [5, 5.41) is 10.6. The highest BCUT2D eigenvalue weighted by molar-refractivity contribution is 5.77. The van der Waals surface area contributed by atoms with E-state index in [2.05, 4.69) is 41.9 Å². The molecule has 1 saturated carbocycles. The monoisotopic (exact) mass is 609 g/mol. The lowest BCUT2D eigenvalue weighted by Gasteiger charge is -2.33. The SMILES string of the molecule is CN1C(c2cc(F)ccc2Oc2cncnc2N2CCC3(CCN(Cc4ccc5[nH]c(=O)[nH]c5c4)C3)C2)=C(C2CC2)C=CC1O. The van der Waals surface area contributed by atoms with Crippen LogP contribution in [-0.2, 0) is 6.54 Å². The Bertz CT molecular complexity index is 1900. The molecule has 2 aromatic heterocycles. The first-order valence-corrected chi connectivity index (χ1v) is 15.6. The molecule has 11 heteroatoms. The molecule has 2 atom stereocenters. The minimum Gasteiger partial charge on any atom is -0.451 e. The number of imidazole rings is 1. The number of ether oxygens (including phenoxy) is 1. The van der Waals surface area contributed by atoms with Gasteiger partial charge in [-0.05, 0) is 85.7 Å². The Morgan fingerprint density at radius 1 is 1.07 bits per heavy atom. The molecule has 3 fully saturated rings. The number of benzene rings is 2. The van der Waals surface area contributed by atoms with Gasteiger partial charge in [-0.2, -0.15) is 0 Å². The second-order valence-corrected chi connectivity index (χ2v) is 13.0. The molecule has 3 N–H and O–H groups in total. The number of halogens is 1. The molecule has 8 rings (SSSR count). The van der Waals surface area contributed by atoms with Crippen molar-refractivity contribution >= 4 is 22.5 Å². The van der Waals surface area contributed by atoms with Gasteiger partial charge in [-0.3, -0.25) is 4.90 Å². The van der Waals surface area contributed by atoms with Crippen LogP contribution in [0.25, 0.3) is 16.7 Å². The van der Waals surface area contributed by atoms with Crippen LogP contribution in [-0.4, -0.2) is 74.3 Å². The van der Waals surface area contributed by atoms with Gasteiger partial charge in [-0.1, -0.05) is 12.1 Å². The number of hydrogen-bond acceptors (Lipinski definition) is 8. The zero-order valence-corrected chi connectivity index (χ0v) is 25.2. The first-order chi connectivity index (χ1) is 21.8. The number of allylic oxidation sites excluding steroid dienone is 2. The average Bonchev–Trinajstić information content (AvgIpc) is 3.51. The molecule has 45 heavy (non-hydrogen) atoms. The number of likely N-dealkylation sites (N-methyl/N-ethyl adjacent to an activating group) is 1. The van der Waals surface area contributed by atoms with E-state index in [0.29, 0.717) is 23.0 Å². The molecular weight excluding hydrogens is 573 g/mol. The zero-order valence-electron chi connectivity index (χ0n) is 25.2. The second-order valence-electron chi connectivity index (χ2n) is 13.0. The average molecular weight is 610 g/mol. The summed E-state index contributed by atoms with van der Waals surface area (Å²) < 4.78 is 21.3. The van der Waals surface area contributed by atoms with Gasteiger partial charge in [0.2, 0.25) is 0 Å². The van der Waals surface area contributed by atoms with Crippen LogP contribution in [0, 0.1) is 17.2 Å². The highest BCUT2D eigenvalue weighted by Crippen LogP contribution is 2.47. The second kappa shape index (κ2) is 10.8. The lowest BCUT2D eigenvalue weighted by atomic mass is 9.86. The third-order valence-corrected chi connectivity index (χ3v) is 9.81. The number of aromatic amines is 2. The van der Waals surface area contributed by atoms with Gasteiger partial charge in [-0.25, -0.2) is 19.2 Å². The molecular formula is C34H36FN7O3. The quantitative estimate of drug-likeness (QED) is 0.278. The molecule has 4 aromatic rings. The summed E-state index contributed by atoms with van der Waals surface area (Å²) in [7, 11) is 1.82. The van der Waals surface area contributed by atoms with Crippen LogP contribution in [0.2, 0.25) is 0 Å². The van der Waals surface area contributed by atoms with Crippen molar-refractivity contribution in [2.75, 3.05) is 38.1 Å². The number of H-pyrrole nitrogens is 2. The molecule has 10 nitrogen and oxygen atoms in total. The number of fused-ring (bicyclic) bond motifs is 1. The van der Waals surface area contributed by atoms with Crippen LogP contribution in [0.3, 0.4) is 0 Å².